The van der Waals surface area contributed by atoms with Crippen LogP contribution >= 0.6 is 0 Å². The minimum atomic E-state index is -0.383. The third-order valence-corrected chi connectivity index (χ3v) is 3.53. The lowest BCUT2D eigenvalue weighted by Crippen LogP contribution is -2.30. The lowest BCUT2D eigenvalue weighted by Gasteiger charge is -2.14. The van der Waals surface area contributed by atoms with Crippen LogP contribution in [0.2, 0.25) is 0 Å². The topological polar surface area (TPSA) is 32.5 Å². The first-order valence-electron chi connectivity index (χ1n) is 7.25. The summed E-state index contributed by atoms with van der Waals surface area (Å²) in [6.45, 7) is 0.654. The average molecular weight is 295 g/mol. The smallest absolute Gasteiger partial charge is 0.344 e. The SMILES string of the molecule is CN(C)C[N+](=Cc1ccccc1)C1OC(=O)c2ccccc21. The van der Waals surface area contributed by atoms with Crippen molar-refractivity contribution in [2.45, 2.75) is 6.23 Å². The van der Waals surface area contributed by atoms with Crippen molar-refractivity contribution < 1.29 is 14.1 Å². The fourth-order valence-electron chi connectivity index (χ4n) is 2.61. The fraction of sp³-hybridized carbons (Fsp3) is 0.222. The molecular formula is C18H19N2O2+. The molecule has 2 aromatic carbocycles. The largest absolute Gasteiger partial charge is 0.395 e. The summed E-state index contributed by atoms with van der Waals surface area (Å²) in [5, 5.41) is 0. The van der Waals surface area contributed by atoms with Gasteiger partial charge in [-0.25, -0.2) is 4.79 Å². The highest BCUT2D eigenvalue weighted by molar-refractivity contribution is 5.93. The summed E-state index contributed by atoms with van der Waals surface area (Å²) in [6.07, 6.45) is 1.64. The number of ether oxygens (including phenoxy) is 1. The Hall–Kier alpha value is -2.46. The van der Waals surface area contributed by atoms with Gasteiger partial charge in [-0.1, -0.05) is 30.3 Å². The molecule has 1 atom stereocenters. The van der Waals surface area contributed by atoms with Crippen molar-refractivity contribution in [3.8, 4) is 0 Å². The molecule has 4 nitrogen and oxygen atoms in total. The first kappa shape index (κ1) is 14.5. The van der Waals surface area contributed by atoms with E-state index < -0.39 is 0 Å². The minimum Gasteiger partial charge on any atom is -0.395 e. The van der Waals surface area contributed by atoms with E-state index in [1.807, 2.05) is 84.4 Å². The Morgan fingerprint density at radius 1 is 1.09 bits per heavy atom. The van der Waals surface area contributed by atoms with Gasteiger partial charge in [-0.2, -0.15) is 4.58 Å². The summed E-state index contributed by atoms with van der Waals surface area (Å²) in [5.74, 6) is -0.259. The van der Waals surface area contributed by atoms with Gasteiger partial charge in [0, 0.05) is 5.56 Å². The molecular weight excluding hydrogens is 276 g/mol. The van der Waals surface area contributed by atoms with Crippen LogP contribution in [0.3, 0.4) is 0 Å². The van der Waals surface area contributed by atoms with Crippen LogP contribution in [0.4, 0.5) is 0 Å². The van der Waals surface area contributed by atoms with Gasteiger partial charge in [-0.05, 0) is 38.4 Å². The van der Waals surface area contributed by atoms with E-state index in [-0.39, 0.29) is 12.2 Å². The van der Waals surface area contributed by atoms with E-state index in [2.05, 4.69) is 0 Å². The molecule has 0 aliphatic carbocycles. The Labute approximate surface area is 130 Å². The second-order valence-corrected chi connectivity index (χ2v) is 5.62. The van der Waals surface area contributed by atoms with Crippen LogP contribution < -0.4 is 0 Å². The maximum Gasteiger partial charge on any atom is 0.344 e. The monoisotopic (exact) mass is 295 g/mol. The van der Waals surface area contributed by atoms with E-state index >= 15 is 0 Å². The van der Waals surface area contributed by atoms with Crippen LogP contribution in [0.15, 0.2) is 54.6 Å². The Kier molecular flexibility index (Phi) is 4.02. The summed E-state index contributed by atoms with van der Waals surface area (Å²) in [7, 11) is 3.99. The van der Waals surface area contributed by atoms with E-state index in [0.717, 1.165) is 11.1 Å². The highest BCUT2D eigenvalue weighted by Gasteiger charge is 2.38. The van der Waals surface area contributed by atoms with Gasteiger partial charge in [0.2, 0.25) is 6.67 Å². The second kappa shape index (κ2) is 6.12. The van der Waals surface area contributed by atoms with Gasteiger partial charge in [0.05, 0.1) is 11.1 Å². The Morgan fingerprint density at radius 3 is 2.50 bits per heavy atom. The van der Waals surface area contributed by atoms with Gasteiger partial charge >= 0.3 is 12.2 Å². The molecule has 0 N–H and O–H groups in total. The molecule has 2 aromatic rings. The Balaban J connectivity index is 2.01. The zero-order valence-electron chi connectivity index (χ0n) is 12.8. The first-order valence-corrected chi connectivity index (χ1v) is 7.25. The quantitative estimate of drug-likeness (QED) is 0.376. The number of hydrogen-bond donors (Lipinski definition) is 0. The van der Waals surface area contributed by atoms with E-state index in [1.54, 1.807) is 0 Å². The maximum atomic E-state index is 12.0. The standard InChI is InChI=1S/C18H19N2O2/c1-19(2)13-20(12-14-8-4-3-5-9-14)17-15-10-6-7-11-16(15)18(21)22-17/h3-12,17H,13H2,1-2H3/q+1. The summed E-state index contributed by atoms with van der Waals surface area (Å²) in [6, 6.07) is 17.6. The lowest BCUT2D eigenvalue weighted by molar-refractivity contribution is -0.621. The molecule has 0 aromatic heterocycles. The van der Waals surface area contributed by atoms with Gasteiger partial charge in [0.15, 0.2) is 6.21 Å². The number of rotatable bonds is 4. The molecule has 4 heteroatoms. The lowest BCUT2D eigenvalue weighted by atomic mass is 10.1. The van der Waals surface area contributed by atoms with Crippen LogP contribution in [0, 0.1) is 0 Å². The molecule has 22 heavy (non-hydrogen) atoms. The predicted molar refractivity (Wildman–Crippen MR) is 85.0 cm³/mol. The van der Waals surface area contributed by atoms with Gasteiger partial charge in [-0.3, -0.25) is 4.90 Å². The highest BCUT2D eigenvalue weighted by Crippen LogP contribution is 2.31. The Bertz CT molecular complexity index is 708. The average Bonchev–Trinajstić information content (AvgIpc) is 2.85. The first-order chi connectivity index (χ1) is 10.6. The van der Waals surface area contributed by atoms with Crippen molar-refractivity contribution >= 4 is 12.2 Å². The molecule has 0 spiro atoms. The van der Waals surface area contributed by atoms with E-state index in [1.165, 1.54) is 0 Å². The minimum absolute atomic E-state index is 0.259. The van der Waals surface area contributed by atoms with Crippen LogP contribution in [0.1, 0.15) is 27.7 Å². The number of hydrogen-bond acceptors (Lipinski definition) is 3. The third-order valence-electron chi connectivity index (χ3n) is 3.53. The summed E-state index contributed by atoms with van der Waals surface area (Å²) in [5.41, 5.74) is 2.64. The van der Waals surface area contributed by atoms with Crippen molar-refractivity contribution in [2.24, 2.45) is 0 Å². The molecule has 0 fully saturated rings. The number of carbonyl (C=O) groups is 1. The van der Waals surface area contributed by atoms with Crippen LogP contribution in [-0.2, 0) is 4.74 Å². The maximum absolute atomic E-state index is 12.0. The van der Waals surface area contributed by atoms with Crippen LogP contribution in [-0.4, -0.2) is 42.4 Å². The molecule has 1 unspecified atom stereocenters. The second-order valence-electron chi connectivity index (χ2n) is 5.62. The molecule has 0 amide bonds. The van der Waals surface area contributed by atoms with E-state index in [9.17, 15) is 4.79 Å². The number of nitrogens with zero attached hydrogens (tertiary/aromatic N) is 2. The van der Waals surface area contributed by atoms with Crippen molar-refractivity contribution in [2.75, 3.05) is 20.8 Å². The van der Waals surface area contributed by atoms with Gasteiger partial charge in [0.25, 0.3) is 0 Å². The number of fused-ring (bicyclic) bond motifs is 1. The number of carbonyl (C=O) groups excluding carboxylic acids is 1. The number of cyclic esters (lactones) is 1. The predicted octanol–water partition coefficient (Wildman–Crippen LogP) is 2.51. The van der Waals surface area contributed by atoms with Crippen LogP contribution in [0.25, 0.3) is 0 Å². The summed E-state index contributed by atoms with van der Waals surface area (Å²) >= 11 is 0. The van der Waals surface area contributed by atoms with Crippen LogP contribution in [0.5, 0.6) is 0 Å². The van der Waals surface area contributed by atoms with Crippen molar-refractivity contribution in [1.82, 2.24) is 4.90 Å². The van der Waals surface area contributed by atoms with E-state index in [0.29, 0.717) is 12.2 Å². The molecule has 3 rings (SSSR count). The fourth-order valence-corrected chi connectivity index (χ4v) is 2.61. The number of benzene rings is 2. The third kappa shape index (κ3) is 2.92. The normalized spacial score (nSPS) is 17.5. The Morgan fingerprint density at radius 2 is 1.77 bits per heavy atom. The summed E-state index contributed by atoms with van der Waals surface area (Å²) in [4.78, 5) is 14.1. The zero-order valence-corrected chi connectivity index (χ0v) is 12.8. The highest BCUT2D eigenvalue weighted by atomic mass is 16.6. The molecule has 1 aliphatic heterocycles. The van der Waals surface area contributed by atoms with Crippen molar-refractivity contribution in [1.29, 1.82) is 0 Å². The van der Waals surface area contributed by atoms with Gasteiger partial charge in [0.1, 0.15) is 0 Å². The molecule has 112 valence electrons. The van der Waals surface area contributed by atoms with Gasteiger partial charge < -0.3 is 4.74 Å². The molecule has 1 heterocycles. The molecule has 1 aliphatic rings. The van der Waals surface area contributed by atoms with Gasteiger partial charge in [-0.15, -0.1) is 0 Å². The molecule has 0 saturated carbocycles. The molecule has 0 bridgehead atoms. The van der Waals surface area contributed by atoms with Crippen molar-refractivity contribution in [3.05, 3.63) is 71.3 Å². The summed E-state index contributed by atoms with van der Waals surface area (Å²) < 4.78 is 7.64. The molecule has 0 radical (unpaired) electrons. The van der Waals surface area contributed by atoms with E-state index in [4.69, 9.17) is 4.74 Å². The van der Waals surface area contributed by atoms with Crippen molar-refractivity contribution in [3.63, 3.8) is 0 Å². The zero-order chi connectivity index (χ0) is 15.5. The number of esters is 1. The molecule has 0 saturated heterocycles.